The number of guanidine groups is 1. The van der Waals surface area contributed by atoms with Crippen LogP contribution >= 0.6 is 0 Å². The summed E-state index contributed by atoms with van der Waals surface area (Å²) in [5, 5.41) is 9.82. The quantitative estimate of drug-likeness (QED) is 0.405. The minimum absolute atomic E-state index is 0.178. The second kappa shape index (κ2) is 11.1. The molecule has 31 heavy (non-hydrogen) atoms. The largest absolute Gasteiger partial charge is 0.368 e. The van der Waals surface area contributed by atoms with Crippen LogP contribution in [0.3, 0.4) is 0 Å². The van der Waals surface area contributed by atoms with Crippen LogP contribution < -0.4 is 16.4 Å². The number of piperazine rings is 1. The molecule has 1 fully saturated rings. The van der Waals surface area contributed by atoms with Gasteiger partial charge in [0.05, 0.1) is 18.8 Å². The Morgan fingerprint density at radius 2 is 1.87 bits per heavy atom. The summed E-state index contributed by atoms with van der Waals surface area (Å²) in [5.41, 5.74) is 7.46. The molecule has 0 saturated carbocycles. The molecule has 1 saturated heterocycles. The van der Waals surface area contributed by atoms with Gasteiger partial charge in [-0.15, -0.1) is 0 Å². The number of nitrogens with two attached hydrogens (primary N) is 1. The van der Waals surface area contributed by atoms with E-state index in [0.717, 1.165) is 56.5 Å². The normalized spacial score (nSPS) is 15.0. The predicted octanol–water partition coefficient (Wildman–Crippen LogP) is 0.173. The van der Waals surface area contributed by atoms with Gasteiger partial charge < -0.3 is 25.8 Å². The second-order valence-corrected chi connectivity index (χ2v) is 7.27. The molecule has 3 rings (SSSR count). The number of hydrogen-bond acceptors (Lipinski definition) is 6. The van der Waals surface area contributed by atoms with Crippen LogP contribution in [-0.4, -0.2) is 72.0 Å². The highest BCUT2D eigenvalue weighted by Crippen LogP contribution is 2.09. The standard InChI is InChI=1S/C21H29N7O3/c1-2-23-21(28-10-8-27(9-11-28)15-18-7-12-31-26-18)25-13-16-3-5-17(6-4-16)20(30)24-14-19(22)29/h3-7,12H,2,8-11,13-15H2,1H3,(H2,22,29)(H,23,25)(H,24,30). The highest BCUT2D eigenvalue weighted by Gasteiger charge is 2.20. The highest BCUT2D eigenvalue weighted by molar-refractivity contribution is 5.96. The fourth-order valence-corrected chi connectivity index (χ4v) is 3.29. The summed E-state index contributed by atoms with van der Waals surface area (Å²) in [6, 6.07) is 9.06. The summed E-state index contributed by atoms with van der Waals surface area (Å²) < 4.78 is 4.91. The maximum atomic E-state index is 12.0. The molecule has 1 aliphatic heterocycles. The number of rotatable bonds is 8. The van der Waals surface area contributed by atoms with E-state index in [-0.39, 0.29) is 12.5 Å². The van der Waals surface area contributed by atoms with E-state index >= 15 is 0 Å². The lowest BCUT2D eigenvalue weighted by molar-refractivity contribution is -0.117. The molecule has 0 atom stereocenters. The Morgan fingerprint density at radius 1 is 1.13 bits per heavy atom. The minimum Gasteiger partial charge on any atom is -0.368 e. The van der Waals surface area contributed by atoms with Crippen molar-refractivity contribution in [2.45, 2.75) is 20.0 Å². The van der Waals surface area contributed by atoms with Gasteiger partial charge in [-0.05, 0) is 24.6 Å². The molecule has 0 spiro atoms. The SMILES string of the molecule is CCNC(=NCc1ccc(C(=O)NCC(N)=O)cc1)N1CCN(Cc2ccon2)CC1. The molecule has 1 aromatic heterocycles. The summed E-state index contributed by atoms with van der Waals surface area (Å²) in [4.78, 5) is 32.1. The van der Waals surface area contributed by atoms with Gasteiger partial charge in [-0.1, -0.05) is 17.3 Å². The van der Waals surface area contributed by atoms with Crippen molar-refractivity contribution >= 4 is 17.8 Å². The van der Waals surface area contributed by atoms with Gasteiger partial charge in [0.25, 0.3) is 5.91 Å². The van der Waals surface area contributed by atoms with Crippen LogP contribution in [-0.2, 0) is 17.9 Å². The Morgan fingerprint density at radius 3 is 2.48 bits per heavy atom. The van der Waals surface area contributed by atoms with E-state index in [0.29, 0.717) is 12.1 Å². The first-order chi connectivity index (χ1) is 15.0. The van der Waals surface area contributed by atoms with Crippen LogP contribution in [0.4, 0.5) is 0 Å². The Labute approximate surface area is 181 Å². The van der Waals surface area contributed by atoms with Crippen LogP contribution in [0, 0.1) is 0 Å². The maximum absolute atomic E-state index is 12.0. The summed E-state index contributed by atoms with van der Waals surface area (Å²) >= 11 is 0. The van der Waals surface area contributed by atoms with Gasteiger partial charge in [0.2, 0.25) is 5.91 Å². The Kier molecular flexibility index (Phi) is 7.99. The van der Waals surface area contributed by atoms with Gasteiger partial charge in [0.15, 0.2) is 5.96 Å². The lowest BCUT2D eigenvalue weighted by atomic mass is 10.1. The molecule has 0 radical (unpaired) electrons. The number of hydrogen-bond donors (Lipinski definition) is 3. The van der Waals surface area contributed by atoms with E-state index in [2.05, 4.69) is 32.5 Å². The molecule has 1 aliphatic rings. The van der Waals surface area contributed by atoms with Crippen molar-refractivity contribution in [1.29, 1.82) is 0 Å². The molecule has 10 heteroatoms. The summed E-state index contributed by atoms with van der Waals surface area (Å²) in [5.74, 6) is -0.0215. The first-order valence-electron chi connectivity index (χ1n) is 10.4. The molecule has 10 nitrogen and oxygen atoms in total. The van der Waals surface area contributed by atoms with E-state index in [9.17, 15) is 9.59 Å². The van der Waals surface area contributed by atoms with Crippen LogP contribution in [0.15, 0.2) is 46.1 Å². The third-order valence-corrected chi connectivity index (χ3v) is 4.93. The lowest BCUT2D eigenvalue weighted by Crippen LogP contribution is -2.52. The Bertz CT molecular complexity index is 873. The Balaban J connectivity index is 1.53. The van der Waals surface area contributed by atoms with Crippen LogP contribution in [0.2, 0.25) is 0 Å². The molecule has 0 unspecified atom stereocenters. The first-order valence-corrected chi connectivity index (χ1v) is 10.4. The van der Waals surface area contributed by atoms with Gasteiger partial charge in [0.1, 0.15) is 6.26 Å². The number of benzene rings is 1. The number of primary amides is 1. The van der Waals surface area contributed by atoms with Gasteiger partial charge in [0, 0.05) is 50.9 Å². The van der Waals surface area contributed by atoms with Crippen LogP contribution in [0.25, 0.3) is 0 Å². The van der Waals surface area contributed by atoms with E-state index in [4.69, 9.17) is 15.2 Å². The zero-order valence-corrected chi connectivity index (χ0v) is 17.7. The first kappa shape index (κ1) is 22.3. The van der Waals surface area contributed by atoms with Crippen molar-refractivity contribution < 1.29 is 14.1 Å². The van der Waals surface area contributed by atoms with E-state index < -0.39 is 5.91 Å². The predicted molar refractivity (Wildman–Crippen MR) is 116 cm³/mol. The van der Waals surface area contributed by atoms with Crippen molar-refractivity contribution in [3.8, 4) is 0 Å². The zero-order valence-electron chi connectivity index (χ0n) is 17.7. The molecular weight excluding hydrogens is 398 g/mol. The fraction of sp³-hybridized carbons (Fsp3) is 0.429. The average molecular weight is 428 g/mol. The van der Waals surface area contributed by atoms with Gasteiger partial charge in [-0.2, -0.15) is 0 Å². The molecule has 0 aliphatic carbocycles. The molecule has 166 valence electrons. The minimum atomic E-state index is -0.575. The van der Waals surface area contributed by atoms with Crippen molar-refractivity contribution in [3.63, 3.8) is 0 Å². The van der Waals surface area contributed by atoms with Crippen molar-refractivity contribution in [3.05, 3.63) is 53.4 Å². The number of amides is 2. The smallest absolute Gasteiger partial charge is 0.251 e. The number of aliphatic imine (C=N–C) groups is 1. The van der Waals surface area contributed by atoms with Gasteiger partial charge in [-0.3, -0.25) is 14.5 Å². The summed E-state index contributed by atoms with van der Waals surface area (Å²) in [6.45, 7) is 7.56. The maximum Gasteiger partial charge on any atom is 0.251 e. The van der Waals surface area contributed by atoms with Crippen LogP contribution in [0.5, 0.6) is 0 Å². The molecule has 4 N–H and O–H groups in total. The molecule has 0 bridgehead atoms. The van der Waals surface area contributed by atoms with Crippen molar-refractivity contribution in [2.24, 2.45) is 10.7 Å². The zero-order chi connectivity index (χ0) is 22.1. The molecule has 2 amide bonds. The number of aromatic nitrogens is 1. The number of carbonyl (C=O) groups is 2. The van der Waals surface area contributed by atoms with E-state index in [1.165, 1.54) is 0 Å². The molecule has 1 aromatic carbocycles. The third kappa shape index (κ3) is 6.82. The van der Waals surface area contributed by atoms with Crippen LogP contribution in [0.1, 0.15) is 28.5 Å². The summed E-state index contributed by atoms with van der Waals surface area (Å²) in [6.07, 6.45) is 1.60. The van der Waals surface area contributed by atoms with Crippen molar-refractivity contribution in [1.82, 2.24) is 25.6 Å². The second-order valence-electron chi connectivity index (χ2n) is 7.27. The molecule has 2 heterocycles. The average Bonchev–Trinajstić information content (AvgIpc) is 3.29. The fourth-order valence-electron chi connectivity index (χ4n) is 3.29. The van der Waals surface area contributed by atoms with E-state index in [1.54, 1.807) is 18.4 Å². The lowest BCUT2D eigenvalue weighted by Gasteiger charge is -2.36. The number of nitrogens with one attached hydrogen (secondary N) is 2. The van der Waals surface area contributed by atoms with E-state index in [1.807, 2.05) is 18.2 Å². The van der Waals surface area contributed by atoms with Gasteiger partial charge >= 0.3 is 0 Å². The Hall–Kier alpha value is -3.40. The topological polar surface area (TPSA) is 129 Å². The molecular formula is C21H29N7O3. The monoisotopic (exact) mass is 427 g/mol. The van der Waals surface area contributed by atoms with Gasteiger partial charge in [-0.25, -0.2) is 4.99 Å². The van der Waals surface area contributed by atoms with Crippen molar-refractivity contribution in [2.75, 3.05) is 39.3 Å². The highest BCUT2D eigenvalue weighted by atomic mass is 16.5. The number of nitrogens with zero attached hydrogens (tertiary/aromatic N) is 4. The molecule has 2 aromatic rings. The number of carbonyl (C=O) groups excluding carboxylic acids is 2. The summed E-state index contributed by atoms with van der Waals surface area (Å²) in [7, 11) is 0. The third-order valence-electron chi connectivity index (χ3n) is 4.93.